The van der Waals surface area contributed by atoms with Crippen LogP contribution >= 0.6 is 0 Å². The highest BCUT2D eigenvalue weighted by Crippen LogP contribution is 2.08. The number of nitrogens with one attached hydrogen (secondary N) is 1. The number of carbonyl (C=O) groups is 2. The number of rotatable bonds is 5. The van der Waals surface area contributed by atoms with E-state index in [9.17, 15) is 14.0 Å². The van der Waals surface area contributed by atoms with Gasteiger partial charge in [-0.05, 0) is 30.5 Å². The number of hydrogen-bond acceptors (Lipinski definition) is 2. The van der Waals surface area contributed by atoms with Gasteiger partial charge in [0.25, 0.3) is 5.91 Å². The summed E-state index contributed by atoms with van der Waals surface area (Å²) in [5, 5.41) is 11.4. The molecule has 0 aromatic heterocycles. The van der Waals surface area contributed by atoms with Gasteiger partial charge < -0.3 is 10.4 Å². The van der Waals surface area contributed by atoms with Gasteiger partial charge >= 0.3 is 5.97 Å². The molecule has 0 fully saturated rings. The van der Waals surface area contributed by atoms with Crippen molar-refractivity contribution in [1.29, 1.82) is 0 Å². The van der Waals surface area contributed by atoms with Gasteiger partial charge in [-0.15, -0.1) is 0 Å². The minimum Gasteiger partial charge on any atom is -0.480 e. The average molecular weight is 253 g/mol. The Morgan fingerprint density at radius 1 is 1.39 bits per heavy atom. The summed E-state index contributed by atoms with van der Waals surface area (Å²) in [6, 6.07) is 4.18. The van der Waals surface area contributed by atoms with E-state index in [0.29, 0.717) is 6.42 Å². The fraction of sp³-hybridized carbons (Fsp3) is 0.385. The molecule has 98 valence electrons. The Kier molecular flexibility index (Phi) is 4.83. The summed E-state index contributed by atoms with van der Waals surface area (Å²) in [6.07, 6.45) is 0.330. The predicted molar refractivity (Wildman–Crippen MR) is 64.7 cm³/mol. The SMILES string of the molecule is CC(C)CC(NC(=O)c1cccc(F)c1)C(=O)O. The third-order valence-electron chi connectivity index (χ3n) is 2.40. The molecule has 0 saturated heterocycles. The third-order valence-corrected chi connectivity index (χ3v) is 2.40. The van der Waals surface area contributed by atoms with Crippen LogP contribution in [0.25, 0.3) is 0 Å². The summed E-state index contributed by atoms with van der Waals surface area (Å²) < 4.78 is 12.9. The van der Waals surface area contributed by atoms with E-state index in [4.69, 9.17) is 5.11 Å². The maximum atomic E-state index is 12.9. The fourth-order valence-corrected chi connectivity index (χ4v) is 1.56. The molecule has 4 nitrogen and oxygen atoms in total. The molecule has 1 amide bonds. The summed E-state index contributed by atoms with van der Waals surface area (Å²) in [5.41, 5.74) is 0.116. The summed E-state index contributed by atoms with van der Waals surface area (Å²) in [5.74, 6) is -2.06. The second-order valence-corrected chi connectivity index (χ2v) is 4.50. The van der Waals surface area contributed by atoms with Crippen LogP contribution in [0.4, 0.5) is 4.39 Å². The second-order valence-electron chi connectivity index (χ2n) is 4.50. The molecular formula is C13H16FNO3. The molecule has 0 aliphatic heterocycles. The molecule has 0 aliphatic rings. The van der Waals surface area contributed by atoms with Crippen molar-refractivity contribution in [1.82, 2.24) is 5.32 Å². The van der Waals surface area contributed by atoms with Crippen molar-refractivity contribution in [2.75, 3.05) is 0 Å². The van der Waals surface area contributed by atoms with E-state index in [2.05, 4.69) is 5.32 Å². The zero-order valence-corrected chi connectivity index (χ0v) is 10.3. The fourth-order valence-electron chi connectivity index (χ4n) is 1.56. The van der Waals surface area contributed by atoms with Gasteiger partial charge in [-0.2, -0.15) is 0 Å². The molecule has 1 aromatic rings. The van der Waals surface area contributed by atoms with Gasteiger partial charge in [0, 0.05) is 5.56 Å². The summed E-state index contributed by atoms with van der Waals surface area (Å²) in [6.45, 7) is 3.73. The first-order valence-electron chi connectivity index (χ1n) is 5.69. The van der Waals surface area contributed by atoms with Gasteiger partial charge in [0.05, 0.1) is 0 Å². The summed E-state index contributed by atoms with van der Waals surface area (Å²) >= 11 is 0. The minimum atomic E-state index is -1.09. The van der Waals surface area contributed by atoms with Crippen LogP contribution in [0, 0.1) is 11.7 Å². The number of benzene rings is 1. The Balaban J connectivity index is 2.75. The highest BCUT2D eigenvalue weighted by molar-refractivity contribution is 5.96. The van der Waals surface area contributed by atoms with Crippen LogP contribution in [-0.2, 0) is 4.79 Å². The van der Waals surface area contributed by atoms with E-state index in [1.54, 1.807) is 0 Å². The Morgan fingerprint density at radius 2 is 2.06 bits per heavy atom. The molecule has 0 aliphatic carbocycles. The van der Waals surface area contributed by atoms with Crippen molar-refractivity contribution >= 4 is 11.9 Å². The summed E-state index contributed by atoms with van der Waals surface area (Å²) in [7, 11) is 0. The molecule has 0 radical (unpaired) electrons. The molecule has 1 atom stereocenters. The standard InChI is InChI=1S/C13H16FNO3/c1-8(2)6-11(13(17)18)15-12(16)9-4-3-5-10(14)7-9/h3-5,7-8,11H,6H2,1-2H3,(H,15,16)(H,17,18). The molecule has 0 saturated carbocycles. The highest BCUT2D eigenvalue weighted by atomic mass is 19.1. The predicted octanol–water partition coefficient (Wildman–Crippen LogP) is 2.05. The van der Waals surface area contributed by atoms with Crippen molar-refractivity contribution < 1.29 is 19.1 Å². The zero-order chi connectivity index (χ0) is 13.7. The maximum absolute atomic E-state index is 12.9. The molecule has 18 heavy (non-hydrogen) atoms. The second kappa shape index (κ2) is 6.14. The normalized spacial score (nSPS) is 12.2. The first-order chi connectivity index (χ1) is 8.40. The smallest absolute Gasteiger partial charge is 0.326 e. The number of hydrogen-bond donors (Lipinski definition) is 2. The molecule has 1 aromatic carbocycles. The van der Waals surface area contributed by atoms with E-state index in [1.807, 2.05) is 13.8 Å². The van der Waals surface area contributed by atoms with E-state index < -0.39 is 23.7 Å². The monoisotopic (exact) mass is 253 g/mol. The van der Waals surface area contributed by atoms with Crippen LogP contribution in [0.3, 0.4) is 0 Å². The van der Waals surface area contributed by atoms with E-state index >= 15 is 0 Å². The lowest BCUT2D eigenvalue weighted by atomic mass is 10.0. The highest BCUT2D eigenvalue weighted by Gasteiger charge is 2.21. The molecule has 1 unspecified atom stereocenters. The largest absolute Gasteiger partial charge is 0.480 e. The number of carboxylic acids is 1. The van der Waals surface area contributed by atoms with Crippen LogP contribution in [0.5, 0.6) is 0 Å². The minimum absolute atomic E-state index is 0.116. The molecule has 0 spiro atoms. The van der Waals surface area contributed by atoms with E-state index in [-0.39, 0.29) is 11.5 Å². The first-order valence-corrected chi connectivity index (χ1v) is 5.69. The lowest BCUT2D eigenvalue weighted by Gasteiger charge is -2.16. The molecule has 5 heteroatoms. The Morgan fingerprint density at radius 3 is 2.56 bits per heavy atom. The molecule has 0 bridgehead atoms. The molecule has 2 N–H and O–H groups in total. The Labute approximate surface area is 105 Å². The van der Waals surface area contributed by atoms with Crippen LogP contribution in [0.2, 0.25) is 0 Å². The Bertz CT molecular complexity index is 446. The number of carboxylic acid groups (broad SMARTS) is 1. The zero-order valence-electron chi connectivity index (χ0n) is 10.3. The van der Waals surface area contributed by atoms with E-state index in [1.165, 1.54) is 18.2 Å². The quantitative estimate of drug-likeness (QED) is 0.844. The topological polar surface area (TPSA) is 66.4 Å². The maximum Gasteiger partial charge on any atom is 0.326 e. The Hall–Kier alpha value is -1.91. The van der Waals surface area contributed by atoms with E-state index in [0.717, 1.165) is 6.07 Å². The van der Waals surface area contributed by atoms with Crippen molar-refractivity contribution in [3.8, 4) is 0 Å². The number of aliphatic carboxylic acids is 1. The van der Waals surface area contributed by atoms with Crippen LogP contribution in [0.15, 0.2) is 24.3 Å². The van der Waals surface area contributed by atoms with Gasteiger partial charge in [-0.25, -0.2) is 9.18 Å². The first kappa shape index (κ1) is 14.2. The van der Waals surface area contributed by atoms with Gasteiger partial charge in [-0.1, -0.05) is 19.9 Å². The van der Waals surface area contributed by atoms with Gasteiger partial charge in [0.15, 0.2) is 0 Å². The van der Waals surface area contributed by atoms with Crippen LogP contribution in [-0.4, -0.2) is 23.0 Å². The van der Waals surface area contributed by atoms with Gasteiger partial charge in [-0.3, -0.25) is 4.79 Å². The van der Waals surface area contributed by atoms with Gasteiger partial charge in [0.2, 0.25) is 0 Å². The van der Waals surface area contributed by atoms with Crippen molar-refractivity contribution in [2.45, 2.75) is 26.3 Å². The molecule has 0 heterocycles. The van der Waals surface area contributed by atoms with Crippen molar-refractivity contribution in [3.05, 3.63) is 35.6 Å². The molecular weight excluding hydrogens is 237 g/mol. The number of amides is 1. The van der Waals surface area contributed by atoms with Crippen LogP contribution < -0.4 is 5.32 Å². The average Bonchev–Trinajstić information content (AvgIpc) is 2.27. The van der Waals surface area contributed by atoms with Crippen molar-refractivity contribution in [2.24, 2.45) is 5.92 Å². The lowest BCUT2D eigenvalue weighted by molar-refractivity contribution is -0.139. The third kappa shape index (κ3) is 4.16. The summed E-state index contributed by atoms with van der Waals surface area (Å²) in [4.78, 5) is 22.7. The lowest BCUT2D eigenvalue weighted by Crippen LogP contribution is -2.41. The number of carbonyl (C=O) groups excluding carboxylic acids is 1. The van der Waals surface area contributed by atoms with Crippen molar-refractivity contribution in [3.63, 3.8) is 0 Å². The molecule has 1 rings (SSSR count). The van der Waals surface area contributed by atoms with Crippen LogP contribution in [0.1, 0.15) is 30.6 Å². The number of halogens is 1. The van der Waals surface area contributed by atoms with Gasteiger partial charge in [0.1, 0.15) is 11.9 Å².